The van der Waals surface area contributed by atoms with Crippen molar-refractivity contribution in [2.75, 3.05) is 11.8 Å². The second kappa shape index (κ2) is 11.9. The molecule has 37 heavy (non-hydrogen) atoms. The van der Waals surface area contributed by atoms with Crippen LogP contribution in [0.1, 0.15) is 21.5 Å². The number of carbonyl (C=O) groups is 1. The van der Waals surface area contributed by atoms with Crippen LogP contribution in [0, 0.1) is 0 Å². The van der Waals surface area contributed by atoms with Gasteiger partial charge in [0.25, 0.3) is 15.9 Å². The fraction of sp³-hybridized carbons (Fsp3) is 0.0714. The van der Waals surface area contributed by atoms with Gasteiger partial charge in [-0.15, -0.1) is 0 Å². The summed E-state index contributed by atoms with van der Waals surface area (Å²) in [5.41, 5.74) is 4.86. The fourth-order valence-electron chi connectivity index (χ4n) is 3.35. The number of ether oxygens (including phenoxy) is 2. The minimum absolute atomic E-state index is 0.151. The number of amides is 1. The van der Waals surface area contributed by atoms with Crippen LogP contribution in [0.5, 0.6) is 11.5 Å². The van der Waals surface area contributed by atoms with Gasteiger partial charge in [-0.1, -0.05) is 48.5 Å². The van der Waals surface area contributed by atoms with Crippen molar-refractivity contribution in [2.45, 2.75) is 11.5 Å². The first-order valence-corrected chi connectivity index (χ1v) is 12.8. The monoisotopic (exact) mass is 515 g/mol. The lowest BCUT2D eigenvalue weighted by atomic mass is 10.2. The Labute approximate surface area is 215 Å². The molecule has 0 aliphatic carbocycles. The maximum atomic E-state index is 12.4. The summed E-state index contributed by atoms with van der Waals surface area (Å²) >= 11 is 0. The molecule has 0 aliphatic rings. The van der Waals surface area contributed by atoms with Gasteiger partial charge in [-0.2, -0.15) is 5.10 Å². The molecular formula is C28H25N3O5S. The van der Waals surface area contributed by atoms with Crippen molar-refractivity contribution in [3.8, 4) is 11.5 Å². The summed E-state index contributed by atoms with van der Waals surface area (Å²) in [5.74, 6) is 0.693. The van der Waals surface area contributed by atoms with Gasteiger partial charge in [0, 0.05) is 11.3 Å². The van der Waals surface area contributed by atoms with Crippen LogP contribution in [-0.4, -0.2) is 27.6 Å². The number of nitrogens with zero attached hydrogens (tertiary/aromatic N) is 1. The minimum atomic E-state index is -3.71. The molecule has 0 atom stereocenters. The summed E-state index contributed by atoms with van der Waals surface area (Å²) in [6.45, 7) is 0.410. The second-order valence-corrected chi connectivity index (χ2v) is 9.56. The molecule has 0 unspecified atom stereocenters. The van der Waals surface area contributed by atoms with Gasteiger partial charge in [0.15, 0.2) is 11.5 Å². The van der Waals surface area contributed by atoms with Crippen LogP contribution in [0.25, 0.3) is 0 Å². The van der Waals surface area contributed by atoms with E-state index in [1.54, 1.807) is 43.5 Å². The van der Waals surface area contributed by atoms with E-state index in [4.69, 9.17) is 9.47 Å². The molecule has 0 aliphatic heterocycles. The molecule has 0 heterocycles. The highest BCUT2D eigenvalue weighted by Gasteiger charge is 2.14. The standard InChI is InChI=1S/C28H25N3O5S/c1-35-27-18-22(12-17-26(27)36-20-21-8-4-2-5-9-21)19-29-30-28(32)23-13-15-24(16-14-23)31-37(33,34)25-10-6-3-7-11-25/h2-19,31H,20H2,1H3,(H,30,32)/b29-19+. The minimum Gasteiger partial charge on any atom is -0.493 e. The van der Waals surface area contributed by atoms with Crippen LogP contribution >= 0.6 is 0 Å². The quantitative estimate of drug-likeness (QED) is 0.232. The van der Waals surface area contributed by atoms with E-state index in [1.807, 2.05) is 30.3 Å². The average Bonchev–Trinajstić information content (AvgIpc) is 2.93. The van der Waals surface area contributed by atoms with Gasteiger partial charge in [0.1, 0.15) is 6.61 Å². The van der Waals surface area contributed by atoms with E-state index >= 15 is 0 Å². The van der Waals surface area contributed by atoms with Crippen molar-refractivity contribution in [3.63, 3.8) is 0 Å². The van der Waals surface area contributed by atoms with Crippen molar-refractivity contribution < 1.29 is 22.7 Å². The number of sulfonamides is 1. The van der Waals surface area contributed by atoms with E-state index in [2.05, 4.69) is 15.2 Å². The molecule has 188 valence electrons. The SMILES string of the molecule is COc1cc(/C=N/NC(=O)c2ccc(NS(=O)(=O)c3ccccc3)cc2)ccc1OCc1ccccc1. The molecule has 9 heteroatoms. The Kier molecular flexibility index (Phi) is 8.17. The molecule has 2 N–H and O–H groups in total. The first-order chi connectivity index (χ1) is 17.9. The number of benzene rings is 4. The summed E-state index contributed by atoms with van der Waals surface area (Å²) in [6, 6.07) is 29.2. The highest BCUT2D eigenvalue weighted by Crippen LogP contribution is 2.28. The van der Waals surface area contributed by atoms with Gasteiger partial charge in [-0.3, -0.25) is 9.52 Å². The number of carbonyl (C=O) groups excluding carboxylic acids is 1. The Morgan fingerprint density at radius 2 is 1.54 bits per heavy atom. The fourth-order valence-corrected chi connectivity index (χ4v) is 4.43. The number of methoxy groups -OCH3 is 1. The Hall–Kier alpha value is -4.63. The number of hydrazone groups is 1. The van der Waals surface area contributed by atoms with Crippen LogP contribution in [-0.2, 0) is 16.6 Å². The van der Waals surface area contributed by atoms with Crippen molar-refractivity contribution in [1.29, 1.82) is 0 Å². The maximum Gasteiger partial charge on any atom is 0.271 e. The highest BCUT2D eigenvalue weighted by atomic mass is 32.2. The largest absolute Gasteiger partial charge is 0.493 e. The van der Waals surface area contributed by atoms with Crippen LogP contribution in [0.15, 0.2) is 113 Å². The summed E-state index contributed by atoms with van der Waals surface area (Å²) in [5, 5.41) is 4.01. The predicted molar refractivity (Wildman–Crippen MR) is 143 cm³/mol. The first kappa shape index (κ1) is 25.5. The van der Waals surface area contributed by atoms with E-state index in [0.717, 1.165) is 5.56 Å². The van der Waals surface area contributed by atoms with Gasteiger partial charge in [-0.25, -0.2) is 13.8 Å². The number of nitrogens with one attached hydrogen (secondary N) is 2. The van der Waals surface area contributed by atoms with E-state index in [1.165, 1.54) is 42.6 Å². The smallest absolute Gasteiger partial charge is 0.271 e. The normalized spacial score (nSPS) is 11.2. The summed E-state index contributed by atoms with van der Waals surface area (Å²) in [4.78, 5) is 12.6. The molecule has 1 amide bonds. The third kappa shape index (κ3) is 6.96. The van der Waals surface area contributed by atoms with Gasteiger partial charge in [0.2, 0.25) is 0 Å². The number of anilines is 1. The van der Waals surface area contributed by atoms with Gasteiger partial charge < -0.3 is 9.47 Å². The molecule has 0 spiro atoms. The van der Waals surface area contributed by atoms with E-state index in [0.29, 0.717) is 34.9 Å². The van der Waals surface area contributed by atoms with Crippen molar-refractivity contribution in [3.05, 3.63) is 120 Å². The highest BCUT2D eigenvalue weighted by molar-refractivity contribution is 7.92. The van der Waals surface area contributed by atoms with E-state index in [-0.39, 0.29) is 4.90 Å². The summed E-state index contributed by atoms with van der Waals surface area (Å²) < 4.78 is 38.6. The maximum absolute atomic E-state index is 12.4. The van der Waals surface area contributed by atoms with Crippen molar-refractivity contribution in [1.82, 2.24) is 5.43 Å². The van der Waals surface area contributed by atoms with Gasteiger partial charge >= 0.3 is 0 Å². The summed E-state index contributed by atoms with van der Waals surface area (Å²) in [7, 11) is -2.16. The average molecular weight is 516 g/mol. The Morgan fingerprint density at radius 3 is 2.22 bits per heavy atom. The van der Waals surface area contributed by atoms with Crippen molar-refractivity contribution in [2.24, 2.45) is 5.10 Å². The molecule has 0 saturated heterocycles. The predicted octanol–water partition coefficient (Wildman–Crippen LogP) is 4.84. The number of hydrogen-bond acceptors (Lipinski definition) is 6. The molecular weight excluding hydrogens is 490 g/mol. The third-order valence-corrected chi connectivity index (χ3v) is 6.65. The molecule has 0 bridgehead atoms. The van der Waals surface area contributed by atoms with Gasteiger partial charge in [-0.05, 0) is 65.7 Å². The topological polar surface area (TPSA) is 106 Å². The summed E-state index contributed by atoms with van der Waals surface area (Å²) in [6.07, 6.45) is 1.49. The Morgan fingerprint density at radius 1 is 0.865 bits per heavy atom. The lowest BCUT2D eigenvalue weighted by Gasteiger charge is -2.11. The Balaban J connectivity index is 1.34. The zero-order valence-electron chi connectivity index (χ0n) is 20.0. The number of rotatable bonds is 10. The molecule has 0 fully saturated rings. The molecule has 4 aromatic rings. The van der Waals surface area contributed by atoms with Crippen LogP contribution in [0.3, 0.4) is 0 Å². The zero-order chi connectivity index (χ0) is 26.1. The van der Waals surface area contributed by atoms with Crippen LogP contribution < -0.4 is 19.6 Å². The lowest BCUT2D eigenvalue weighted by Crippen LogP contribution is -2.18. The van der Waals surface area contributed by atoms with Crippen LogP contribution in [0.4, 0.5) is 5.69 Å². The molecule has 4 rings (SSSR count). The Bertz CT molecular complexity index is 1470. The molecule has 0 aromatic heterocycles. The molecule has 4 aromatic carbocycles. The molecule has 0 radical (unpaired) electrons. The second-order valence-electron chi connectivity index (χ2n) is 7.88. The van der Waals surface area contributed by atoms with Crippen LogP contribution in [0.2, 0.25) is 0 Å². The zero-order valence-corrected chi connectivity index (χ0v) is 20.8. The molecule has 0 saturated carbocycles. The lowest BCUT2D eigenvalue weighted by molar-refractivity contribution is 0.0955. The van der Waals surface area contributed by atoms with E-state index < -0.39 is 15.9 Å². The first-order valence-electron chi connectivity index (χ1n) is 11.3. The van der Waals surface area contributed by atoms with Crippen molar-refractivity contribution >= 4 is 27.8 Å². The molecule has 8 nitrogen and oxygen atoms in total. The third-order valence-electron chi connectivity index (χ3n) is 5.26. The number of hydrogen-bond donors (Lipinski definition) is 2. The van der Waals surface area contributed by atoms with Gasteiger partial charge in [0.05, 0.1) is 18.2 Å². The van der Waals surface area contributed by atoms with E-state index in [9.17, 15) is 13.2 Å².